The number of aliphatic hydroxyl groups is 1. The second-order valence-corrected chi connectivity index (χ2v) is 16.3. The van der Waals surface area contributed by atoms with E-state index in [1.807, 2.05) is 6.07 Å². The lowest BCUT2D eigenvalue weighted by Gasteiger charge is -2.50. The summed E-state index contributed by atoms with van der Waals surface area (Å²) in [7, 11) is 0. The summed E-state index contributed by atoms with van der Waals surface area (Å²) in [4.78, 5) is 69.6. The predicted octanol–water partition coefficient (Wildman–Crippen LogP) is 6.69. The predicted molar refractivity (Wildman–Crippen MR) is 244 cm³/mol. The van der Waals surface area contributed by atoms with E-state index >= 15 is 0 Å². The molecule has 6 aromatic carbocycles. The van der Waals surface area contributed by atoms with Crippen LogP contribution in [0.5, 0.6) is 0 Å². The fourth-order valence-electron chi connectivity index (χ4n) is 8.13. The van der Waals surface area contributed by atoms with Crippen LogP contribution in [0.4, 0.5) is 0 Å². The highest BCUT2D eigenvalue weighted by molar-refractivity contribution is 5.92. The number of hydrogen-bond acceptors (Lipinski definition) is 16. The number of carbonyl (C=O) groups excluding carboxylic acids is 5. The summed E-state index contributed by atoms with van der Waals surface area (Å²) < 4.78 is 62.3. The summed E-state index contributed by atoms with van der Waals surface area (Å²) in [5.74, 6) is -4.36. The van der Waals surface area contributed by atoms with Gasteiger partial charge in [0.15, 0.2) is 30.9 Å². The molecule has 3 aliphatic heterocycles. The van der Waals surface area contributed by atoms with Crippen LogP contribution >= 0.6 is 0 Å². The van der Waals surface area contributed by atoms with E-state index in [1.54, 1.807) is 115 Å². The Morgan fingerprint density at radius 1 is 0.443 bits per heavy atom. The number of ether oxygens (including phenoxy) is 10. The minimum absolute atomic E-state index is 0.0728. The number of benzene rings is 6. The molecule has 11 atom stereocenters. The van der Waals surface area contributed by atoms with Gasteiger partial charge in [0.25, 0.3) is 0 Å². The Hall–Kier alpha value is -7.57. The minimum Gasteiger partial charge on any atom is -0.459 e. The first-order valence-electron chi connectivity index (χ1n) is 22.4. The number of carbonyl (C=O) groups is 5. The van der Waals surface area contributed by atoms with E-state index in [1.165, 1.54) is 60.7 Å². The van der Waals surface area contributed by atoms with Crippen LogP contribution < -0.4 is 0 Å². The van der Waals surface area contributed by atoms with Gasteiger partial charge in [-0.05, 0) is 60.7 Å². The van der Waals surface area contributed by atoms with Crippen molar-refractivity contribution >= 4 is 29.8 Å². The molecule has 9 rings (SSSR count). The average Bonchev–Trinajstić information content (AvgIpc) is 3.41. The molecule has 0 spiro atoms. The molecule has 3 fully saturated rings. The molecule has 0 bridgehead atoms. The molecule has 1 N–H and O–H groups in total. The van der Waals surface area contributed by atoms with Gasteiger partial charge in [-0.3, -0.25) is 0 Å². The highest BCUT2D eigenvalue weighted by Crippen LogP contribution is 2.39. The zero-order valence-corrected chi connectivity index (χ0v) is 37.2. The zero-order valence-electron chi connectivity index (χ0n) is 37.2. The molecule has 0 amide bonds. The van der Waals surface area contributed by atoms with Gasteiger partial charge in [0.05, 0.1) is 34.4 Å². The van der Waals surface area contributed by atoms with E-state index < -0.39 is 104 Å². The summed E-state index contributed by atoms with van der Waals surface area (Å²) in [6.45, 7) is -0.778. The Bertz CT molecular complexity index is 2690. The van der Waals surface area contributed by atoms with Gasteiger partial charge < -0.3 is 52.5 Å². The van der Waals surface area contributed by atoms with E-state index in [0.29, 0.717) is 5.56 Å². The summed E-state index contributed by atoms with van der Waals surface area (Å²) in [6, 6.07) is 48.8. The highest BCUT2D eigenvalue weighted by Gasteiger charge is 2.58. The van der Waals surface area contributed by atoms with Gasteiger partial charge in [-0.2, -0.15) is 0 Å². The van der Waals surface area contributed by atoms with Crippen molar-refractivity contribution in [1.82, 2.24) is 0 Å². The average molecular weight is 951 g/mol. The fourth-order valence-corrected chi connectivity index (χ4v) is 8.13. The Morgan fingerprint density at radius 2 is 0.857 bits per heavy atom. The van der Waals surface area contributed by atoms with Crippen LogP contribution in [0.2, 0.25) is 0 Å². The molecule has 3 saturated heterocycles. The summed E-state index contributed by atoms with van der Waals surface area (Å²) in [5, 5.41) is 12.3. The monoisotopic (exact) mass is 950 g/mol. The van der Waals surface area contributed by atoms with Gasteiger partial charge in [-0.15, -0.1) is 0 Å². The van der Waals surface area contributed by atoms with Crippen LogP contribution in [-0.2, 0) is 47.4 Å². The Labute approximate surface area is 401 Å². The lowest BCUT2D eigenvalue weighted by atomic mass is 9.95. The molecule has 16 nitrogen and oxygen atoms in total. The molecule has 0 aromatic heterocycles. The maximum Gasteiger partial charge on any atom is 0.340 e. The highest BCUT2D eigenvalue weighted by atomic mass is 16.8. The molecule has 0 aliphatic carbocycles. The maximum atomic E-state index is 14.2. The van der Waals surface area contributed by atoms with Gasteiger partial charge in [-0.25, -0.2) is 24.0 Å². The van der Waals surface area contributed by atoms with Crippen LogP contribution in [0.15, 0.2) is 182 Å². The van der Waals surface area contributed by atoms with Gasteiger partial charge in [0.2, 0.25) is 6.29 Å². The number of esters is 5. The minimum atomic E-state index is -1.86. The zero-order chi connectivity index (χ0) is 48.4. The normalized spacial score (nSPS) is 26.0. The standard InChI is InChI=1S/C54H46O16/c55-41-44(42-40(32-62-52(68-42)38-29-17-6-18-30-38)63-53(41)70-51(60)37-27-15-5-16-28-37)69-54-46(67-50(59)36-25-13-4-14-26-36)45(66-49(58)35-23-11-3-12-24-35)43(65-48(57)34-21-9-2-10-22-34)39(64-54)31-61-47(56)33-19-7-1-8-20-33/h1-30,39-46,52-55H,31-32H2/t39-,40-,41-,42-,43-,44-,45+,46-,52?,53-,54+/m1/s1. The van der Waals surface area contributed by atoms with Gasteiger partial charge in [-0.1, -0.05) is 121 Å². The molecule has 0 radical (unpaired) electrons. The van der Waals surface area contributed by atoms with E-state index in [4.69, 9.17) is 47.4 Å². The molecule has 70 heavy (non-hydrogen) atoms. The van der Waals surface area contributed by atoms with Crippen LogP contribution in [-0.4, -0.2) is 110 Å². The molecule has 1 unspecified atom stereocenters. The van der Waals surface area contributed by atoms with Gasteiger partial charge >= 0.3 is 29.8 Å². The first-order chi connectivity index (χ1) is 34.2. The summed E-state index contributed by atoms with van der Waals surface area (Å²) >= 11 is 0. The molecule has 6 aromatic rings. The summed E-state index contributed by atoms with van der Waals surface area (Å²) in [5.41, 5.74) is 1.21. The van der Waals surface area contributed by atoms with Gasteiger partial charge in [0.1, 0.15) is 37.1 Å². The third kappa shape index (κ3) is 11.1. The maximum absolute atomic E-state index is 14.2. The Morgan fingerprint density at radius 3 is 1.34 bits per heavy atom. The third-order valence-corrected chi connectivity index (χ3v) is 11.6. The topological polar surface area (TPSA) is 198 Å². The van der Waals surface area contributed by atoms with Crippen molar-refractivity contribution in [3.63, 3.8) is 0 Å². The first-order valence-corrected chi connectivity index (χ1v) is 22.4. The van der Waals surface area contributed by atoms with Gasteiger partial charge in [0, 0.05) is 5.56 Å². The molecule has 3 aliphatic rings. The fraction of sp³-hybridized carbons (Fsp3) is 0.241. The lowest BCUT2D eigenvalue weighted by molar-refractivity contribution is -0.386. The Balaban J connectivity index is 1.13. The molecule has 16 heteroatoms. The molecular weight excluding hydrogens is 905 g/mol. The quantitative estimate of drug-likeness (QED) is 0.0895. The van der Waals surface area contributed by atoms with Crippen LogP contribution in [0, 0.1) is 0 Å². The van der Waals surface area contributed by atoms with Crippen molar-refractivity contribution in [2.75, 3.05) is 13.2 Å². The van der Waals surface area contributed by atoms with E-state index in [0.717, 1.165) is 0 Å². The number of aliphatic hydroxyl groups excluding tert-OH is 1. The Kier molecular flexibility index (Phi) is 15.1. The largest absolute Gasteiger partial charge is 0.459 e. The SMILES string of the molecule is O=C(OC[C@H]1O[C@@H](O[C@@H]2[C@@H](O)[C@@H](OC(=O)c3ccccc3)O[C@@H]3COC(c4ccccc4)O[C@@H]23)[C@H](OC(=O)c2ccccc2)[C@@H](OC(=O)c2ccccc2)[C@@H]1OC(=O)c1ccccc1)c1ccccc1. The van der Waals surface area contributed by atoms with Crippen molar-refractivity contribution in [3.05, 3.63) is 215 Å². The van der Waals surface area contributed by atoms with E-state index in [9.17, 15) is 29.1 Å². The van der Waals surface area contributed by atoms with Crippen molar-refractivity contribution in [2.45, 2.75) is 67.7 Å². The molecule has 3 heterocycles. The second-order valence-electron chi connectivity index (χ2n) is 16.3. The van der Waals surface area contributed by atoms with E-state index in [-0.39, 0.29) is 34.4 Å². The van der Waals surface area contributed by atoms with Crippen LogP contribution in [0.25, 0.3) is 0 Å². The second kappa shape index (κ2) is 22.2. The molecule has 358 valence electrons. The smallest absolute Gasteiger partial charge is 0.340 e. The molecule has 0 saturated carbocycles. The van der Waals surface area contributed by atoms with Crippen molar-refractivity contribution in [1.29, 1.82) is 0 Å². The van der Waals surface area contributed by atoms with E-state index in [2.05, 4.69) is 0 Å². The third-order valence-electron chi connectivity index (χ3n) is 11.6. The molecular formula is C54H46O16. The number of hydrogen-bond donors (Lipinski definition) is 1. The van der Waals surface area contributed by atoms with Crippen molar-refractivity contribution in [3.8, 4) is 0 Å². The van der Waals surface area contributed by atoms with Crippen molar-refractivity contribution < 1.29 is 76.4 Å². The first kappa shape index (κ1) is 47.5. The van der Waals surface area contributed by atoms with Crippen LogP contribution in [0.3, 0.4) is 0 Å². The number of fused-ring (bicyclic) bond motifs is 1. The number of rotatable bonds is 14. The van der Waals surface area contributed by atoms with Crippen molar-refractivity contribution in [2.24, 2.45) is 0 Å². The summed E-state index contributed by atoms with van der Waals surface area (Å²) in [6.07, 6.45) is -17.0. The lowest BCUT2D eigenvalue weighted by Crippen LogP contribution is -2.67. The van der Waals surface area contributed by atoms with Crippen LogP contribution in [0.1, 0.15) is 63.6 Å².